The maximum Gasteiger partial charge on any atom is 0.219 e. The van der Waals surface area contributed by atoms with Gasteiger partial charge in [0.25, 0.3) is 0 Å². The average Bonchev–Trinajstić information content (AvgIpc) is 2.47. The lowest BCUT2D eigenvalue weighted by atomic mass is 9.87. The second kappa shape index (κ2) is 6.95. The van der Waals surface area contributed by atoms with E-state index in [1.54, 1.807) is 0 Å². The van der Waals surface area contributed by atoms with Crippen LogP contribution in [-0.4, -0.2) is 10.9 Å². The van der Waals surface area contributed by atoms with Gasteiger partial charge in [-0.15, -0.1) is 0 Å². The predicted octanol–water partition coefficient (Wildman–Crippen LogP) is 5.10. The second-order valence-corrected chi connectivity index (χ2v) is 7.27. The van der Waals surface area contributed by atoms with Crippen LogP contribution in [0, 0.1) is 0 Å². The highest BCUT2D eigenvalue weighted by atomic mass is 32.2. The lowest BCUT2D eigenvalue weighted by Crippen LogP contribution is -2.11. The number of carbonyl (C=O) groups is 1. The first-order valence-electron chi connectivity index (χ1n) is 7.28. The molecule has 0 aliphatic rings. The standard InChI is InChI=1S/C19H22OS/c1-19(2,3)17-11-9-16(10-12-17)18(20)21-14-13-15-7-5-4-6-8-15/h4-12H,13-14H2,1-3H3. The second-order valence-electron chi connectivity index (χ2n) is 6.20. The van der Waals surface area contributed by atoms with Crippen molar-refractivity contribution in [3.63, 3.8) is 0 Å². The summed E-state index contributed by atoms with van der Waals surface area (Å²) in [6, 6.07) is 18.3. The van der Waals surface area contributed by atoms with Crippen LogP contribution in [0.2, 0.25) is 0 Å². The Morgan fingerprint density at radius 1 is 0.952 bits per heavy atom. The Kier molecular flexibility index (Phi) is 5.24. The third kappa shape index (κ3) is 4.75. The molecule has 2 aromatic carbocycles. The zero-order valence-electron chi connectivity index (χ0n) is 12.9. The minimum Gasteiger partial charge on any atom is -0.282 e. The van der Waals surface area contributed by atoms with E-state index in [-0.39, 0.29) is 10.5 Å². The van der Waals surface area contributed by atoms with Gasteiger partial charge in [-0.2, -0.15) is 0 Å². The van der Waals surface area contributed by atoms with Crippen molar-refractivity contribution < 1.29 is 4.79 Å². The van der Waals surface area contributed by atoms with Crippen molar-refractivity contribution in [1.29, 1.82) is 0 Å². The molecule has 2 rings (SSSR count). The molecule has 0 atom stereocenters. The number of thioether (sulfide) groups is 1. The van der Waals surface area contributed by atoms with E-state index in [4.69, 9.17) is 0 Å². The predicted molar refractivity (Wildman–Crippen MR) is 92.1 cm³/mol. The van der Waals surface area contributed by atoms with Crippen LogP contribution in [0.15, 0.2) is 54.6 Å². The van der Waals surface area contributed by atoms with Crippen molar-refractivity contribution in [1.82, 2.24) is 0 Å². The maximum absolute atomic E-state index is 12.2. The molecule has 0 unspecified atom stereocenters. The zero-order valence-corrected chi connectivity index (χ0v) is 13.7. The Bertz CT molecular complexity index is 579. The highest BCUT2D eigenvalue weighted by Gasteiger charge is 2.14. The normalized spacial score (nSPS) is 11.4. The molecule has 0 fully saturated rings. The molecule has 2 heteroatoms. The van der Waals surface area contributed by atoms with E-state index in [1.807, 2.05) is 30.3 Å². The van der Waals surface area contributed by atoms with Gasteiger partial charge in [0.1, 0.15) is 0 Å². The lowest BCUT2D eigenvalue weighted by Gasteiger charge is -2.18. The first kappa shape index (κ1) is 15.8. The van der Waals surface area contributed by atoms with Gasteiger partial charge in [-0.25, -0.2) is 0 Å². The molecule has 0 aromatic heterocycles. The number of rotatable bonds is 4. The summed E-state index contributed by atoms with van der Waals surface area (Å²) >= 11 is 1.40. The molecule has 0 spiro atoms. The Morgan fingerprint density at radius 3 is 2.14 bits per heavy atom. The van der Waals surface area contributed by atoms with Crippen molar-refractivity contribution >= 4 is 16.9 Å². The van der Waals surface area contributed by atoms with Gasteiger partial charge < -0.3 is 0 Å². The third-order valence-corrected chi connectivity index (χ3v) is 4.36. The van der Waals surface area contributed by atoms with Gasteiger partial charge in [-0.05, 0) is 23.0 Å². The fourth-order valence-electron chi connectivity index (χ4n) is 2.10. The topological polar surface area (TPSA) is 17.1 Å². The molecule has 0 bridgehead atoms. The molecule has 0 aliphatic heterocycles. The van der Waals surface area contributed by atoms with Crippen molar-refractivity contribution in [3.05, 3.63) is 71.3 Å². The van der Waals surface area contributed by atoms with E-state index in [9.17, 15) is 4.79 Å². The Labute approximate surface area is 131 Å². The number of hydrogen-bond donors (Lipinski definition) is 0. The van der Waals surface area contributed by atoms with Gasteiger partial charge in [-0.3, -0.25) is 4.79 Å². The van der Waals surface area contributed by atoms with Crippen molar-refractivity contribution in [2.75, 3.05) is 5.75 Å². The lowest BCUT2D eigenvalue weighted by molar-refractivity contribution is 0.108. The molecule has 21 heavy (non-hydrogen) atoms. The van der Waals surface area contributed by atoms with E-state index in [0.29, 0.717) is 0 Å². The molecule has 2 aromatic rings. The van der Waals surface area contributed by atoms with Gasteiger partial charge in [0, 0.05) is 11.3 Å². The first-order valence-corrected chi connectivity index (χ1v) is 8.27. The summed E-state index contributed by atoms with van der Waals surface area (Å²) in [6.45, 7) is 6.54. The van der Waals surface area contributed by atoms with Crippen molar-refractivity contribution in [2.45, 2.75) is 32.6 Å². The van der Waals surface area contributed by atoms with Crippen molar-refractivity contribution in [3.8, 4) is 0 Å². The minimum atomic E-state index is 0.127. The largest absolute Gasteiger partial charge is 0.282 e. The Balaban J connectivity index is 1.89. The molecule has 1 nitrogen and oxygen atoms in total. The van der Waals surface area contributed by atoms with Crippen LogP contribution in [0.1, 0.15) is 42.3 Å². The molecule has 0 saturated carbocycles. The molecule has 0 aliphatic carbocycles. The number of carbonyl (C=O) groups excluding carboxylic acids is 1. The van der Waals surface area contributed by atoms with E-state index in [2.05, 4.69) is 45.0 Å². The maximum atomic E-state index is 12.2. The molecule has 0 radical (unpaired) electrons. The van der Waals surface area contributed by atoms with Gasteiger partial charge >= 0.3 is 0 Å². The molecule has 0 heterocycles. The van der Waals surface area contributed by atoms with Gasteiger partial charge in [0.15, 0.2) is 0 Å². The number of hydrogen-bond acceptors (Lipinski definition) is 2. The summed E-state index contributed by atoms with van der Waals surface area (Å²) in [5, 5.41) is 0.159. The van der Waals surface area contributed by atoms with Crippen LogP contribution < -0.4 is 0 Å². The molecule has 0 N–H and O–H groups in total. The van der Waals surface area contributed by atoms with E-state index >= 15 is 0 Å². The van der Waals surface area contributed by atoms with Crippen molar-refractivity contribution in [2.24, 2.45) is 0 Å². The van der Waals surface area contributed by atoms with E-state index in [0.717, 1.165) is 17.7 Å². The highest BCUT2D eigenvalue weighted by molar-refractivity contribution is 8.14. The Morgan fingerprint density at radius 2 is 1.57 bits per heavy atom. The molecule has 0 saturated heterocycles. The van der Waals surface area contributed by atoms with Crippen LogP contribution >= 0.6 is 11.8 Å². The summed E-state index contributed by atoms with van der Waals surface area (Å²) < 4.78 is 0. The summed E-state index contributed by atoms with van der Waals surface area (Å²) in [5.41, 5.74) is 3.46. The summed E-state index contributed by atoms with van der Waals surface area (Å²) in [4.78, 5) is 12.2. The van der Waals surface area contributed by atoms with E-state index < -0.39 is 0 Å². The molecule has 110 valence electrons. The average molecular weight is 298 g/mol. The van der Waals surface area contributed by atoms with Crippen LogP contribution in [0.25, 0.3) is 0 Å². The van der Waals surface area contributed by atoms with Gasteiger partial charge in [0.05, 0.1) is 0 Å². The summed E-state index contributed by atoms with van der Waals surface area (Å²) in [7, 11) is 0. The summed E-state index contributed by atoms with van der Waals surface area (Å²) in [5.74, 6) is 0.823. The van der Waals surface area contributed by atoms with Crippen LogP contribution in [-0.2, 0) is 11.8 Å². The fourth-order valence-corrected chi connectivity index (χ4v) is 2.92. The number of aryl methyl sites for hydroxylation is 1. The van der Waals surface area contributed by atoms with Crippen LogP contribution in [0.3, 0.4) is 0 Å². The number of benzene rings is 2. The van der Waals surface area contributed by atoms with E-state index in [1.165, 1.54) is 22.9 Å². The van der Waals surface area contributed by atoms with Crippen LogP contribution in [0.5, 0.6) is 0 Å². The fraction of sp³-hybridized carbons (Fsp3) is 0.316. The summed E-state index contributed by atoms with van der Waals surface area (Å²) in [6.07, 6.45) is 0.928. The molecule has 0 amide bonds. The molecular formula is C19H22OS. The van der Waals surface area contributed by atoms with Gasteiger partial charge in [-0.1, -0.05) is 87.1 Å². The zero-order chi connectivity index (χ0) is 15.3. The third-order valence-electron chi connectivity index (χ3n) is 3.45. The quantitative estimate of drug-likeness (QED) is 0.781. The smallest absolute Gasteiger partial charge is 0.219 e. The SMILES string of the molecule is CC(C)(C)c1ccc(C(=O)SCCc2ccccc2)cc1. The monoisotopic (exact) mass is 298 g/mol. The highest BCUT2D eigenvalue weighted by Crippen LogP contribution is 2.23. The van der Waals surface area contributed by atoms with Gasteiger partial charge in [0.2, 0.25) is 5.12 Å². The Hall–Kier alpha value is -1.54. The first-order chi connectivity index (χ1) is 9.97. The van der Waals surface area contributed by atoms with Crippen LogP contribution in [0.4, 0.5) is 0 Å². The molecular weight excluding hydrogens is 276 g/mol. The minimum absolute atomic E-state index is 0.127.